The van der Waals surface area contributed by atoms with Crippen LogP contribution in [0.1, 0.15) is 40.5 Å². The molecule has 0 aliphatic heterocycles. The van der Waals surface area contributed by atoms with Crippen LogP contribution in [0.5, 0.6) is 0 Å². The van der Waals surface area contributed by atoms with Crippen LogP contribution < -0.4 is 16.0 Å². The van der Waals surface area contributed by atoms with E-state index in [1.165, 1.54) is 0 Å². The first-order valence-electron chi connectivity index (χ1n) is 7.48. The second kappa shape index (κ2) is 12.1. The van der Waals surface area contributed by atoms with Gasteiger partial charge in [-0.05, 0) is 65.8 Å². The van der Waals surface area contributed by atoms with Gasteiger partial charge in [0.15, 0.2) is 11.6 Å². The zero-order valence-electron chi connectivity index (χ0n) is 13.7. The summed E-state index contributed by atoms with van der Waals surface area (Å²) < 4.78 is 0. The van der Waals surface area contributed by atoms with Crippen LogP contribution in [-0.4, -0.2) is 37.7 Å². The highest BCUT2D eigenvalue weighted by molar-refractivity contribution is 5.88. The second-order valence-electron chi connectivity index (χ2n) is 5.19. The maximum absolute atomic E-state index is 10.8. The molecule has 0 heterocycles. The summed E-state index contributed by atoms with van der Waals surface area (Å²) in [5, 5.41) is 9.76. The van der Waals surface area contributed by atoms with Crippen LogP contribution in [0.15, 0.2) is 23.5 Å². The summed E-state index contributed by atoms with van der Waals surface area (Å²) in [5.74, 6) is 0.138. The summed E-state index contributed by atoms with van der Waals surface area (Å²) >= 11 is 0. The van der Waals surface area contributed by atoms with Gasteiger partial charge in [-0.2, -0.15) is 0 Å². The van der Waals surface area contributed by atoms with Crippen molar-refractivity contribution in [3.05, 3.63) is 23.5 Å². The third kappa shape index (κ3) is 14.6. The van der Waals surface area contributed by atoms with Gasteiger partial charge in [-0.1, -0.05) is 0 Å². The largest absolute Gasteiger partial charge is 0.388 e. The Hall–Kier alpha value is -1.62. The summed E-state index contributed by atoms with van der Waals surface area (Å²) in [6, 6.07) is 0. The minimum absolute atomic E-state index is 0.0692. The fourth-order valence-electron chi connectivity index (χ4n) is 1.83. The average molecular weight is 295 g/mol. The van der Waals surface area contributed by atoms with Gasteiger partial charge in [0.1, 0.15) is 0 Å². The first kappa shape index (κ1) is 19.4. The molecule has 0 aromatic rings. The Balaban J connectivity index is 3.41. The van der Waals surface area contributed by atoms with E-state index >= 15 is 0 Å². The standard InChI is InChI=1S/C16H29N3O2/c1-13(11-15(3)20)18-9-5-7-17-8-6-10-19-14(2)12-16(4)21/h11-12,17-19H,5-10H2,1-4H3/b13-11+,14-12+. The highest BCUT2D eigenvalue weighted by Gasteiger charge is 1.94. The molecule has 0 bridgehead atoms. The number of hydrogen-bond acceptors (Lipinski definition) is 5. The molecule has 0 amide bonds. The van der Waals surface area contributed by atoms with E-state index in [9.17, 15) is 9.59 Å². The van der Waals surface area contributed by atoms with Crippen LogP contribution >= 0.6 is 0 Å². The van der Waals surface area contributed by atoms with Gasteiger partial charge in [-0.15, -0.1) is 0 Å². The molecule has 0 fully saturated rings. The third-order valence-corrected chi connectivity index (χ3v) is 2.71. The Kier molecular flexibility index (Phi) is 11.2. The summed E-state index contributed by atoms with van der Waals surface area (Å²) in [6.07, 6.45) is 5.24. The average Bonchev–Trinajstić information content (AvgIpc) is 2.34. The molecule has 21 heavy (non-hydrogen) atoms. The molecule has 5 heteroatoms. The molecule has 0 aliphatic carbocycles. The fourth-order valence-corrected chi connectivity index (χ4v) is 1.83. The summed E-state index contributed by atoms with van der Waals surface area (Å²) in [5.41, 5.74) is 1.83. The number of rotatable bonds is 12. The molecule has 0 radical (unpaired) electrons. The topological polar surface area (TPSA) is 70.2 Å². The predicted octanol–water partition coefficient (Wildman–Crippen LogP) is 1.52. The third-order valence-electron chi connectivity index (χ3n) is 2.71. The Bertz CT molecular complexity index is 351. The first-order valence-corrected chi connectivity index (χ1v) is 7.48. The van der Waals surface area contributed by atoms with Crippen molar-refractivity contribution < 1.29 is 9.59 Å². The number of hydrogen-bond donors (Lipinski definition) is 3. The van der Waals surface area contributed by atoms with Crippen molar-refractivity contribution in [2.75, 3.05) is 26.2 Å². The zero-order chi connectivity index (χ0) is 16.1. The lowest BCUT2D eigenvalue weighted by Crippen LogP contribution is -2.24. The maximum atomic E-state index is 10.8. The van der Waals surface area contributed by atoms with Crippen molar-refractivity contribution in [2.45, 2.75) is 40.5 Å². The van der Waals surface area contributed by atoms with Gasteiger partial charge in [-0.3, -0.25) is 9.59 Å². The number of allylic oxidation sites excluding steroid dienone is 4. The summed E-state index contributed by atoms with van der Waals surface area (Å²) in [6.45, 7) is 10.5. The zero-order valence-corrected chi connectivity index (χ0v) is 13.7. The fraction of sp³-hybridized carbons (Fsp3) is 0.625. The Morgan fingerprint density at radius 3 is 1.43 bits per heavy atom. The molecule has 0 atom stereocenters. The van der Waals surface area contributed by atoms with E-state index in [1.807, 2.05) is 13.8 Å². The quantitative estimate of drug-likeness (QED) is 0.376. The van der Waals surface area contributed by atoms with Crippen LogP contribution in [0.3, 0.4) is 0 Å². The molecular weight excluding hydrogens is 266 g/mol. The van der Waals surface area contributed by atoms with Crippen molar-refractivity contribution >= 4 is 11.6 Å². The predicted molar refractivity (Wildman–Crippen MR) is 87.0 cm³/mol. The smallest absolute Gasteiger partial charge is 0.154 e. The van der Waals surface area contributed by atoms with Gasteiger partial charge in [0, 0.05) is 24.5 Å². The van der Waals surface area contributed by atoms with Crippen LogP contribution in [-0.2, 0) is 9.59 Å². The van der Waals surface area contributed by atoms with Gasteiger partial charge in [0.05, 0.1) is 0 Å². The molecule has 0 rings (SSSR count). The lowest BCUT2D eigenvalue weighted by Gasteiger charge is -2.08. The minimum atomic E-state index is 0.0692. The van der Waals surface area contributed by atoms with Crippen LogP contribution in [0.25, 0.3) is 0 Å². The van der Waals surface area contributed by atoms with Crippen molar-refractivity contribution in [1.82, 2.24) is 16.0 Å². The molecule has 0 aromatic carbocycles. The highest BCUT2D eigenvalue weighted by atomic mass is 16.1. The van der Waals surface area contributed by atoms with Gasteiger partial charge >= 0.3 is 0 Å². The molecule has 0 saturated carbocycles. The van der Waals surface area contributed by atoms with Gasteiger partial charge in [0.25, 0.3) is 0 Å². The highest BCUT2D eigenvalue weighted by Crippen LogP contribution is 1.89. The van der Waals surface area contributed by atoms with Crippen LogP contribution in [0.4, 0.5) is 0 Å². The Morgan fingerprint density at radius 2 is 1.10 bits per heavy atom. The van der Waals surface area contributed by atoms with Gasteiger partial charge in [-0.25, -0.2) is 0 Å². The minimum Gasteiger partial charge on any atom is -0.388 e. The van der Waals surface area contributed by atoms with Crippen LogP contribution in [0.2, 0.25) is 0 Å². The van der Waals surface area contributed by atoms with Gasteiger partial charge < -0.3 is 16.0 Å². The monoisotopic (exact) mass is 295 g/mol. The summed E-state index contributed by atoms with van der Waals surface area (Å²) in [4.78, 5) is 21.7. The molecule has 0 spiro atoms. The van der Waals surface area contributed by atoms with Crippen LogP contribution in [0, 0.1) is 0 Å². The molecule has 5 nitrogen and oxygen atoms in total. The summed E-state index contributed by atoms with van der Waals surface area (Å²) in [7, 11) is 0. The van der Waals surface area contributed by atoms with E-state index in [0.29, 0.717) is 0 Å². The second-order valence-corrected chi connectivity index (χ2v) is 5.19. The maximum Gasteiger partial charge on any atom is 0.154 e. The van der Waals surface area contributed by atoms with Crippen molar-refractivity contribution in [3.8, 4) is 0 Å². The van der Waals surface area contributed by atoms with E-state index in [4.69, 9.17) is 0 Å². The lowest BCUT2D eigenvalue weighted by atomic mass is 10.3. The lowest BCUT2D eigenvalue weighted by molar-refractivity contribution is -0.113. The molecule has 0 aliphatic rings. The number of ketones is 2. The van der Waals surface area contributed by atoms with E-state index in [1.54, 1.807) is 26.0 Å². The van der Waals surface area contributed by atoms with E-state index in [2.05, 4.69) is 16.0 Å². The van der Waals surface area contributed by atoms with E-state index in [0.717, 1.165) is 50.4 Å². The number of carbonyl (C=O) groups is 2. The first-order chi connectivity index (χ1) is 9.91. The van der Waals surface area contributed by atoms with E-state index < -0.39 is 0 Å². The molecule has 3 N–H and O–H groups in total. The normalized spacial score (nSPS) is 12.2. The van der Waals surface area contributed by atoms with E-state index in [-0.39, 0.29) is 11.6 Å². The molecular formula is C16H29N3O2. The van der Waals surface area contributed by atoms with Crippen molar-refractivity contribution in [2.24, 2.45) is 0 Å². The number of nitrogens with one attached hydrogen (secondary N) is 3. The van der Waals surface area contributed by atoms with Gasteiger partial charge in [0.2, 0.25) is 0 Å². The molecule has 0 unspecified atom stereocenters. The SMILES string of the molecule is CC(=O)/C=C(\C)NCCCNCCCN/C(C)=C/C(C)=O. The Labute approximate surface area is 128 Å². The molecule has 0 aromatic heterocycles. The van der Waals surface area contributed by atoms with Crippen molar-refractivity contribution in [3.63, 3.8) is 0 Å². The Morgan fingerprint density at radius 1 is 0.714 bits per heavy atom. The van der Waals surface area contributed by atoms with Crippen molar-refractivity contribution in [1.29, 1.82) is 0 Å². The molecule has 0 saturated heterocycles. The number of carbonyl (C=O) groups excluding carboxylic acids is 2. The molecule has 120 valence electrons.